The Labute approximate surface area is 179 Å². The topological polar surface area (TPSA) is 96.1 Å². The van der Waals surface area contributed by atoms with Crippen LogP contribution in [0.2, 0.25) is 0 Å². The first-order valence-corrected chi connectivity index (χ1v) is 10.1. The highest BCUT2D eigenvalue weighted by Gasteiger charge is 2.24. The number of imidazole rings is 1. The fourth-order valence-corrected chi connectivity index (χ4v) is 3.27. The van der Waals surface area contributed by atoms with E-state index >= 15 is 0 Å². The molecule has 1 aromatic carbocycles. The van der Waals surface area contributed by atoms with E-state index in [1.54, 1.807) is 31.5 Å². The lowest BCUT2D eigenvalue weighted by Crippen LogP contribution is -2.27. The molecule has 0 bridgehead atoms. The van der Waals surface area contributed by atoms with Crippen molar-refractivity contribution in [3.8, 4) is 28.7 Å². The summed E-state index contributed by atoms with van der Waals surface area (Å²) in [6.45, 7) is 10.2. The van der Waals surface area contributed by atoms with Crippen LogP contribution in [0.4, 0.5) is 15.1 Å². The Hall–Kier alpha value is -3.43. The number of halogens is 1. The van der Waals surface area contributed by atoms with Gasteiger partial charge in [-0.15, -0.1) is 5.10 Å². The van der Waals surface area contributed by atoms with Crippen LogP contribution < -0.4 is 10.1 Å². The van der Waals surface area contributed by atoms with Crippen LogP contribution in [-0.2, 0) is 11.3 Å². The minimum Gasteiger partial charge on any atom is -0.491 e. The molecule has 0 aliphatic carbocycles. The molecule has 0 saturated heterocycles. The molecule has 2 aromatic heterocycles. The van der Waals surface area contributed by atoms with Gasteiger partial charge in [-0.25, -0.2) is 18.9 Å². The Bertz CT molecular complexity index is 1130. The number of rotatable bonds is 3. The van der Waals surface area contributed by atoms with Crippen LogP contribution in [0.3, 0.4) is 0 Å². The molecule has 3 aromatic rings. The summed E-state index contributed by atoms with van der Waals surface area (Å²) in [5.74, 6) is 1.38. The van der Waals surface area contributed by atoms with Crippen LogP contribution in [-0.4, -0.2) is 42.6 Å². The summed E-state index contributed by atoms with van der Waals surface area (Å²) in [7, 11) is 0. The number of nitrogens with zero attached hydrogens (tertiary/aromatic N) is 5. The third kappa shape index (κ3) is 4.37. The fourth-order valence-electron chi connectivity index (χ4n) is 3.27. The zero-order valence-electron chi connectivity index (χ0n) is 18.1. The molecule has 4 rings (SSSR count). The molecular weight excluding hydrogens is 403 g/mol. The standard InChI is InChI=1S/C21H25FN6O3/c1-12(2)28-18(24-19(26-28)25-20(29)31-21(3,4)5)15-11-27-8-9-30-16-10-13(22)6-7-14(16)17(27)23-15/h6-7,10-12H,8-9H2,1-5H3,(H,25,26,29). The highest BCUT2D eigenvalue weighted by Crippen LogP contribution is 2.34. The van der Waals surface area contributed by atoms with Crippen LogP contribution in [0.25, 0.3) is 22.9 Å². The predicted molar refractivity (Wildman–Crippen MR) is 112 cm³/mol. The van der Waals surface area contributed by atoms with E-state index < -0.39 is 11.7 Å². The number of benzene rings is 1. The molecule has 0 unspecified atom stereocenters. The highest BCUT2D eigenvalue weighted by atomic mass is 19.1. The first-order chi connectivity index (χ1) is 14.6. The van der Waals surface area contributed by atoms with Crippen LogP contribution in [0.5, 0.6) is 5.75 Å². The summed E-state index contributed by atoms with van der Waals surface area (Å²) in [5, 5.41) is 6.98. The van der Waals surface area contributed by atoms with E-state index in [4.69, 9.17) is 14.5 Å². The van der Waals surface area contributed by atoms with E-state index in [-0.39, 0.29) is 17.8 Å². The molecule has 0 radical (unpaired) electrons. The van der Waals surface area contributed by atoms with Crippen molar-refractivity contribution in [3.63, 3.8) is 0 Å². The summed E-state index contributed by atoms with van der Waals surface area (Å²) in [5.41, 5.74) is 0.655. The molecular formula is C21H25FN6O3. The van der Waals surface area contributed by atoms with Gasteiger partial charge >= 0.3 is 6.09 Å². The van der Waals surface area contributed by atoms with Crippen LogP contribution >= 0.6 is 0 Å². The maximum absolute atomic E-state index is 13.7. The van der Waals surface area contributed by atoms with Gasteiger partial charge in [0.05, 0.1) is 12.1 Å². The van der Waals surface area contributed by atoms with Gasteiger partial charge in [0.1, 0.15) is 35.3 Å². The third-order valence-corrected chi connectivity index (χ3v) is 4.51. The zero-order valence-corrected chi connectivity index (χ0v) is 18.1. The Morgan fingerprint density at radius 1 is 1.26 bits per heavy atom. The van der Waals surface area contributed by atoms with Crippen LogP contribution in [0, 0.1) is 5.82 Å². The van der Waals surface area contributed by atoms with Crippen molar-refractivity contribution in [2.75, 3.05) is 11.9 Å². The summed E-state index contributed by atoms with van der Waals surface area (Å²) in [4.78, 5) is 21.4. The van der Waals surface area contributed by atoms with Crippen molar-refractivity contribution in [1.29, 1.82) is 0 Å². The summed E-state index contributed by atoms with van der Waals surface area (Å²) in [6, 6.07) is 4.37. The minimum atomic E-state index is -0.635. The second-order valence-corrected chi connectivity index (χ2v) is 8.56. The molecule has 31 heavy (non-hydrogen) atoms. The number of hydrogen-bond acceptors (Lipinski definition) is 6. The number of hydrogen-bond donors (Lipinski definition) is 1. The lowest BCUT2D eigenvalue weighted by molar-refractivity contribution is 0.0634. The molecule has 1 amide bonds. The van der Waals surface area contributed by atoms with Gasteiger partial charge in [-0.2, -0.15) is 4.98 Å². The normalized spacial score (nSPS) is 13.3. The smallest absolute Gasteiger partial charge is 0.414 e. The fraction of sp³-hybridized carbons (Fsp3) is 0.429. The molecule has 0 saturated carbocycles. The molecule has 1 N–H and O–H groups in total. The average Bonchev–Trinajstić information content (AvgIpc) is 3.21. The summed E-state index contributed by atoms with van der Waals surface area (Å²) in [6.07, 6.45) is 1.23. The van der Waals surface area contributed by atoms with Crippen molar-refractivity contribution >= 4 is 12.0 Å². The maximum atomic E-state index is 13.7. The maximum Gasteiger partial charge on any atom is 0.414 e. The molecule has 9 nitrogen and oxygen atoms in total. The Morgan fingerprint density at radius 3 is 2.74 bits per heavy atom. The molecule has 3 heterocycles. The molecule has 0 spiro atoms. The Morgan fingerprint density at radius 2 is 2.03 bits per heavy atom. The number of fused-ring (bicyclic) bond motifs is 3. The number of carbonyl (C=O) groups excluding carboxylic acids is 1. The number of ether oxygens (including phenoxy) is 2. The third-order valence-electron chi connectivity index (χ3n) is 4.51. The van der Waals surface area contributed by atoms with E-state index in [1.165, 1.54) is 12.1 Å². The zero-order chi connectivity index (χ0) is 22.3. The number of carbonyl (C=O) groups is 1. The Kier molecular flexibility index (Phi) is 5.16. The lowest BCUT2D eigenvalue weighted by Gasteiger charge is -2.18. The second-order valence-electron chi connectivity index (χ2n) is 8.56. The van der Waals surface area contributed by atoms with Gasteiger partial charge in [0.25, 0.3) is 5.95 Å². The average molecular weight is 428 g/mol. The van der Waals surface area contributed by atoms with Gasteiger partial charge in [0, 0.05) is 18.3 Å². The number of anilines is 1. The van der Waals surface area contributed by atoms with E-state index in [0.29, 0.717) is 41.8 Å². The molecule has 1 aliphatic rings. The molecule has 0 fully saturated rings. The van der Waals surface area contributed by atoms with Gasteiger partial charge in [0.2, 0.25) is 0 Å². The molecule has 10 heteroatoms. The second kappa shape index (κ2) is 7.68. The first kappa shape index (κ1) is 20.8. The first-order valence-electron chi connectivity index (χ1n) is 10.1. The van der Waals surface area contributed by atoms with E-state index in [0.717, 1.165) is 0 Å². The monoisotopic (exact) mass is 428 g/mol. The van der Waals surface area contributed by atoms with Gasteiger partial charge < -0.3 is 14.0 Å². The molecule has 164 valence electrons. The number of amides is 1. The highest BCUT2D eigenvalue weighted by molar-refractivity contribution is 5.82. The molecule has 1 aliphatic heterocycles. The van der Waals surface area contributed by atoms with E-state index in [2.05, 4.69) is 15.4 Å². The SMILES string of the molecule is CC(C)n1nc(NC(=O)OC(C)(C)C)nc1-c1cn2c(n1)-c1ccc(F)cc1OCC2. The van der Waals surface area contributed by atoms with Crippen molar-refractivity contribution in [2.45, 2.75) is 52.8 Å². The van der Waals surface area contributed by atoms with Crippen LogP contribution in [0.15, 0.2) is 24.4 Å². The Balaban J connectivity index is 1.71. The predicted octanol–water partition coefficient (Wildman–Crippen LogP) is 4.27. The van der Waals surface area contributed by atoms with E-state index in [1.807, 2.05) is 24.6 Å². The van der Waals surface area contributed by atoms with Crippen molar-refractivity contribution in [1.82, 2.24) is 24.3 Å². The lowest BCUT2D eigenvalue weighted by atomic mass is 10.2. The summed E-state index contributed by atoms with van der Waals surface area (Å²) >= 11 is 0. The van der Waals surface area contributed by atoms with Gasteiger partial charge in [0.15, 0.2) is 5.82 Å². The summed E-state index contributed by atoms with van der Waals surface area (Å²) < 4.78 is 28.2. The number of aromatic nitrogens is 5. The van der Waals surface area contributed by atoms with Gasteiger partial charge in [-0.1, -0.05) is 0 Å². The quantitative estimate of drug-likeness (QED) is 0.669. The van der Waals surface area contributed by atoms with Gasteiger partial charge in [-0.05, 0) is 46.8 Å². The van der Waals surface area contributed by atoms with Gasteiger partial charge in [-0.3, -0.25) is 5.32 Å². The largest absolute Gasteiger partial charge is 0.491 e. The minimum absolute atomic E-state index is 0.0251. The van der Waals surface area contributed by atoms with Crippen LogP contribution in [0.1, 0.15) is 40.7 Å². The van der Waals surface area contributed by atoms with Crippen molar-refractivity contribution in [3.05, 3.63) is 30.2 Å². The number of nitrogens with one attached hydrogen (secondary N) is 1. The van der Waals surface area contributed by atoms with E-state index in [9.17, 15) is 9.18 Å². The van der Waals surface area contributed by atoms with Crippen molar-refractivity contribution in [2.24, 2.45) is 0 Å². The molecule has 0 atom stereocenters. The van der Waals surface area contributed by atoms with Crippen molar-refractivity contribution < 1.29 is 18.7 Å².